The molecular weight excluding hydrogens is 331 g/mol. The Kier molecular flexibility index (Phi) is 4.42. The molecule has 3 aromatic rings. The summed E-state index contributed by atoms with van der Waals surface area (Å²) >= 11 is 0. The van der Waals surface area contributed by atoms with Crippen LogP contribution >= 0.6 is 0 Å². The number of hydrogen-bond acceptors (Lipinski definition) is 3. The molecule has 1 amide bonds. The number of carbonyl (C=O) groups is 1. The number of carbonyl (C=O) groups excluding carboxylic acids is 1. The topological polar surface area (TPSA) is 75.0 Å². The predicted molar refractivity (Wildman–Crippen MR) is 98.3 cm³/mol. The SMILES string of the molecule is NC(=O)c1c(F)ccc2[nH]c(C3CCCN3CCc3ccccc3)nc12. The lowest BCUT2D eigenvalue weighted by Gasteiger charge is -2.22. The Morgan fingerprint density at radius 2 is 2.08 bits per heavy atom. The van der Waals surface area contributed by atoms with Crippen molar-refractivity contribution < 1.29 is 9.18 Å². The molecule has 0 spiro atoms. The second-order valence-electron chi connectivity index (χ2n) is 6.73. The minimum absolute atomic E-state index is 0.140. The van der Waals surface area contributed by atoms with Crippen LogP contribution in [0.25, 0.3) is 11.0 Å². The largest absolute Gasteiger partial charge is 0.365 e. The second kappa shape index (κ2) is 6.88. The summed E-state index contributed by atoms with van der Waals surface area (Å²) in [6, 6.07) is 13.4. The maximum absolute atomic E-state index is 14.0. The van der Waals surface area contributed by atoms with Crippen molar-refractivity contribution in [3.8, 4) is 0 Å². The van der Waals surface area contributed by atoms with Crippen molar-refractivity contribution in [3.63, 3.8) is 0 Å². The van der Waals surface area contributed by atoms with Gasteiger partial charge in [-0.3, -0.25) is 9.69 Å². The number of likely N-dealkylation sites (tertiary alicyclic amines) is 1. The van der Waals surface area contributed by atoms with Crippen molar-refractivity contribution in [2.75, 3.05) is 13.1 Å². The summed E-state index contributed by atoms with van der Waals surface area (Å²) < 4.78 is 14.0. The van der Waals surface area contributed by atoms with Gasteiger partial charge in [0.05, 0.1) is 11.6 Å². The number of aromatic nitrogens is 2. The summed E-state index contributed by atoms with van der Waals surface area (Å²) in [5, 5.41) is 0. The second-order valence-corrected chi connectivity index (χ2v) is 6.73. The summed E-state index contributed by atoms with van der Waals surface area (Å²) in [4.78, 5) is 21.8. The molecule has 1 fully saturated rings. The molecule has 2 aromatic carbocycles. The van der Waals surface area contributed by atoms with E-state index in [0.29, 0.717) is 11.0 Å². The van der Waals surface area contributed by atoms with Gasteiger partial charge in [-0.15, -0.1) is 0 Å². The van der Waals surface area contributed by atoms with E-state index in [4.69, 9.17) is 5.73 Å². The van der Waals surface area contributed by atoms with Gasteiger partial charge in [0, 0.05) is 6.54 Å². The molecule has 0 bridgehead atoms. The molecule has 1 atom stereocenters. The van der Waals surface area contributed by atoms with Gasteiger partial charge in [-0.25, -0.2) is 9.37 Å². The monoisotopic (exact) mass is 352 g/mol. The molecular formula is C20H21FN4O. The zero-order valence-corrected chi connectivity index (χ0v) is 14.4. The lowest BCUT2D eigenvalue weighted by Crippen LogP contribution is -2.26. The third kappa shape index (κ3) is 3.08. The average Bonchev–Trinajstić information content (AvgIpc) is 3.26. The predicted octanol–water partition coefficient (Wildman–Crippen LogP) is 3.18. The van der Waals surface area contributed by atoms with E-state index in [9.17, 15) is 9.18 Å². The number of benzene rings is 2. The zero-order valence-electron chi connectivity index (χ0n) is 14.4. The number of H-pyrrole nitrogens is 1. The molecule has 6 heteroatoms. The minimum Gasteiger partial charge on any atom is -0.365 e. The molecule has 1 unspecified atom stereocenters. The Bertz CT molecular complexity index is 938. The fraction of sp³-hybridized carbons (Fsp3) is 0.300. The van der Waals surface area contributed by atoms with Crippen molar-refractivity contribution in [2.45, 2.75) is 25.3 Å². The highest BCUT2D eigenvalue weighted by Gasteiger charge is 2.29. The summed E-state index contributed by atoms with van der Waals surface area (Å²) in [5.41, 5.74) is 7.47. The van der Waals surface area contributed by atoms with Gasteiger partial charge in [0.25, 0.3) is 5.91 Å². The highest BCUT2D eigenvalue weighted by atomic mass is 19.1. The maximum Gasteiger partial charge on any atom is 0.253 e. The fourth-order valence-electron chi connectivity index (χ4n) is 3.78. The van der Waals surface area contributed by atoms with Gasteiger partial charge in [0.1, 0.15) is 22.7 Å². The van der Waals surface area contributed by atoms with E-state index >= 15 is 0 Å². The number of rotatable bonds is 5. The molecule has 1 aromatic heterocycles. The number of halogens is 1. The summed E-state index contributed by atoms with van der Waals surface area (Å²) in [5.74, 6) is -0.646. The van der Waals surface area contributed by atoms with Crippen LogP contribution in [0, 0.1) is 5.82 Å². The highest BCUT2D eigenvalue weighted by molar-refractivity contribution is 6.04. The quantitative estimate of drug-likeness (QED) is 0.740. The van der Waals surface area contributed by atoms with E-state index in [0.717, 1.165) is 38.2 Å². The minimum atomic E-state index is -0.793. The molecule has 26 heavy (non-hydrogen) atoms. The van der Waals surface area contributed by atoms with Crippen LogP contribution in [0.2, 0.25) is 0 Å². The van der Waals surface area contributed by atoms with Crippen molar-refractivity contribution in [2.24, 2.45) is 5.73 Å². The highest BCUT2D eigenvalue weighted by Crippen LogP contribution is 2.32. The molecule has 4 rings (SSSR count). The van der Waals surface area contributed by atoms with Crippen molar-refractivity contribution in [3.05, 3.63) is 65.2 Å². The molecule has 0 aliphatic carbocycles. The van der Waals surface area contributed by atoms with Crippen molar-refractivity contribution in [1.82, 2.24) is 14.9 Å². The Morgan fingerprint density at radius 3 is 2.85 bits per heavy atom. The third-order valence-corrected chi connectivity index (χ3v) is 5.08. The summed E-state index contributed by atoms with van der Waals surface area (Å²) in [7, 11) is 0. The first-order chi connectivity index (χ1) is 12.6. The molecule has 0 saturated carbocycles. The van der Waals surface area contributed by atoms with Crippen LogP contribution in [0.15, 0.2) is 42.5 Å². The van der Waals surface area contributed by atoms with Gasteiger partial charge in [-0.2, -0.15) is 0 Å². The van der Waals surface area contributed by atoms with E-state index in [-0.39, 0.29) is 11.6 Å². The lowest BCUT2D eigenvalue weighted by atomic mass is 10.1. The number of fused-ring (bicyclic) bond motifs is 1. The van der Waals surface area contributed by atoms with E-state index < -0.39 is 11.7 Å². The Labute approximate surface area is 151 Å². The van der Waals surface area contributed by atoms with E-state index in [1.165, 1.54) is 11.6 Å². The molecule has 1 aliphatic rings. The Balaban J connectivity index is 1.59. The molecule has 3 N–H and O–H groups in total. The normalized spacial score (nSPS) is 17.8. The van der Waals surface area contributed by atoms with Crippen LogP contribution in [0.5, 0.6) is 0 Å². The molecule has 134 valence electrons. The fourth-order valence-corrected chi connectivity index (χ4v) is 3.78. The zero-order chi connectivity index (χ0) is 18.1. The number of nitrogens with zero attached hydrogens (tertiary/aromatic N) is 2. The number of hydrogen-bond donors (Lipinski definition) is 2. The van der Waals surface area contributed by atoms with E-state index in [1.807, 2.05) is 6.07 Å². The number of aromatic amines is 1. The summed E-state index contributed by atoms with van der Waals surface area (Å²) in [6.07, 6.45) is 3.05. The number of primary amides is 1. The molecule has 5 nitrogen and oxygen atoms in total. The first-order valence-corrected chi connectivity index (χ1v) is 8.89. The average molecular weight is 352 g/mol. The third-order valence-electron chi connectivity index (χ3n) is 5.08. The van der Waals surface area contributed by atoms with Crippen LogP contribution in [0.1, 0.15) is 40.6 Å². The van der Waals surface area contributed by atoms with Gasteiger partial charge in [0.15, 0.2) is 0 Å². The van der Waals surface area contributed by atoms with Crippen LogP contribution in [0.3, 0.4) is 0 Å². The standard InChI is InChI=1S/C20H21FN4O/c21-14-8-9-15-18(17(14)19(22)26)24-20(23-15)16-7-4-11-25(16)12-10-13-5-2-1-3-6-13/h1-3,5-6,8-9,16H,4,7,10-12H2,(H2,22,26)(H,23,24). The molecule has 1 aliphatic heterocycles. The van der Waals surface area contributed by atoms with Crippen LogP contribution in [-0.4, -0.2) is 33.9 Å². The van der Waals surface area contributed by atoms with Crippen molar-refractivity contribution in [1.29, 1.82) is 0 Å². The maximum atomic E-state index is 14.0. The Hall–Kier alpha value is -2.73. The van der Waals surface area contributed by atoms with Gasteiger partial charge in [-0.05, 0) is 43.5 Å². The number of nitrogens with two attached hydrogens (primary N) is 1. The van der Waals surface area contributed by atoms with E-state index in [2.05, 4.69) is 39.1 Å². The van der Waals surface area contributed by atoms with Gasteiger partial charge in [-0.1, -0.05) is 30.3 Å². The smallest absolute Gasteiger partial charge is 0.253 e. The van der Waals surface area contributed by atoms with Gasteiger partial charge < -0.3 is 10.7 Å². The molecule has 1 saturated heterocycles. The van der Waals surface area contributed by atoms with Crippen LogP contribution in [-0.2, 0) is 6.42 Å². The van der Waals surface area contributed by atoms with Gasteiger partial charge in [0.2, 0.25) is 0 Å². The van der Waals surface area contributed by atoms with Crippen LogP contribution in [0.4, 0.5) is 4.39 Å². The molecule has 2 heterocycles. The van der Waals surface area contributed by atoms with Gasteiger partial charge >= 0.3 is 0 Å². The summed E-state index contributed by atoms with van der Waals surface area (Å²) in [6.45, 7) is 1.94. The lowest BCUT2D eigenvalue weighted by molar-refractivity contribution is 0.0998. The number of nitrogens with one attached hydrogen (secondary N) is 1. The van der Waals surface area contributed by atoms with Crippen molar-refractivity contribution >= 4 is 16.9 Å². The van der Waals surface area contributed by atoms with E-state index in [1.54, 1.807) is 6.07 Å². The number of imidazole rings is 1. The molecule has 0 radical (unpaired) electrons. The Morgan fingerprint density at radius 1 is 1.27 bits per heavy atom. The van der Waals surface area contributed by atoms with Crippen LogP contribution < -0.4 is 5.73 Å². The first kappa shape index (κ1) is 16.7. The first-order valence-electron chi connectivity index (χ1n) is 8.89. The number of amides is 1.